The normalized spacial score (nSPS) is 22.5. The Labute approximate surface area is 131 Å². The van der Waals surface area contributed by atoms with Gasteiger partial charge in [-0.2, -0.15) is 0 Å². The Morgan fingerprint density at radius 3 is 2.48 bits per heavy atom. The van der Waals surface area contributed by atoms with Crippen molar-refractivity contribution in [1.29, 1.82) is 0 Å². The summed E-state index contributed by atoms with van der Waals surface area (Å²) in [6, 6.07) is 10.9. The SMILES string of the molecule is C=CCCC=CC1CCC(CCCc2ccccc2)CC1. The van der Waals surface area contributed by atoms with Crippen molar-refractivity contribution in [2.75, 3.05) is 0 Å². The van der Waals surface area contributed by atoms with E-state index < -0.39 is 0 Å². The molecular formula is C21H30. The van der Waals surface area contributed by atoms with Crippen LogP contribution in [0.1, 0.15) is 56.9 Å². The van der Waals surface area contributed by atoms with E-state index in [0.29, 0.717) is 0 Å². The van der Waals surface area contributed by atoms with Crippen LogP contribution < -0.4 is 0 Å². The molecule has 0 amide bonds. The van der Waals surface area contributed by atoms with Gasteiger partial charge in [0.05, 0.1) is 0 Å². The van der Waals surface area contributed by atoms with Gasteiger partial charge in [0.2, 0.25) is 0 Å². The molecule has 0 aromatic heterocycles. The van der Waals surface area contributed by atoms with Crippen molar-refractivity contribution >= 4 is 0 Å². The molecule has 1 aromatic rings. The maximum absolute atomic E-state index is 3.77. The molecule has 0 heteroatoms. The highest BCUT2D eigenvalue weighted by atomic mass is 14.2. The van der Waals surface area contributed by atoms with E-state index >= 15 is 0 Å². The molecule has 1 aliphatic carbocycles. The van der Waals surface area contributed by atoms with Crippen molar-refractivity contribution in [2.24, 2.45) is 11.8 Å². The molecule has 0 N–H and O–H groups in total. The van der Waals surface area contributed by atoms with Crippen molar-refractivity contribution in [3.63, 3.8) is 0 Å². The van der Waals surface area contributed by atoms with Crippen LogP contribution in [0.5, 0.6) is 0 Å². The molecule has 2 rings (SSSR count). The first-order chi connectivity index (χ1) is 10.4. The Hall–Kier alpha value is -1.30. The Balaban J connectivity index is 1.58. The molecular weight excluding hydrogens is 252 g/mol. The summed E-state index contributed by atoms with van der Waals surface area (Å²) in [5.74, 6) is 1.83. The lowest BCUT2D eigenvalue weighted by molar-refractivity contribution is 0.291. The van der Waals surface area contributed by atoms with Gasteiger partial charge in [0.1, 0.15) is 0 Å². The number of aryl methyl sites for hydroxylation is 1. The molecule has 21 heavy (non-hydrogen) atoms. The lowest BCUT2D eigenvalue weighted by Gasteiger charge is -2.26. The summed E-state index contributed by atoms with van der Waals surface area (Å²) in [5.41, 5.74) is 1.50. The van der Waals surface area contributed by atoms with Crippen LogP contribution in [0, 0.1) is 11.8 Å². The summed E-state index contributed by atoms with van der Waals surface area (Å²) in [6.45, 7) is 3.77. The Bertz CT molecular complexity index is 407. The van der Waals surface area contributed by atoms with Crippen molar-refractivity contribution in [3.05, 3.63) is 60.7 Å². The van der Waals surface area contributed by atoms with Gasteiger partial charge in [0.25, 0.3) is 0 Å². The molecule has 0 atom stereocenters. The third-order valence-electron chi connectivity index (χ3n) is 4.76. The maximum atomic E-state index is 3.77. The van der Waals surface area contributed by atoms with E-state index in [1.54, 1.807) is 0 Å². The lowest BCUT2D eigenvalue weighted by Crippen LogP contribution is -2.13. The first-order valence-electron chi connectivity index (χ1n) is 8.70. The highest BCUT2D eigenvalue weighted by Gasteiger charge is 2.18. The van der Waals surface area contributed by atoms with Crippen LogP contribution in [0.25, 0.3) is 0 Å². The van der Waals surface area contributed by atoms with Gasteiger partial charge >= 0.3 is 0 Å². The van der Waals surface area contributed by atoms with Gasteiger partial charge < -0.3 is 0 Å². The highest BCUT2D eigenvalue weighted by molar-refractivity contribution is 5.14. The summed E-state index contributed by atoms with van der Waals surface area (Å²) in [6.07, 6.45) is 18.8. The summed E-state index contributed by atoms with van der Waals surface area (Å²) in [7, 11) is 0. The molecule has 0 radical (unpaired) electrons. The van der Waals surface area contributed by atoms with E-state index in [0.717, 1.165) is 18.3 Å². The molecule has 1 aliphatic rings. The molecule has 1 fully saturated rings. The first kappa shape index (κ1) is 16.1. The second-order valence-electron chi connectivity index (χ2n) is 6.45. The number of allylic oxidation sites excluding steroid dienone is 3. The number of benzene rings is 1. The van der Waals surface area contributed by atoms with Crippen LogP contribution >= 0.6 is 0 Å². The zero-order chi connectivity index (χ0) is 14.8. The smallest absolute Gasteiger partial charge is 0.0233 e. The Kier molecular flexibility index (Phi) is 7.35. The fraction of sp³-hybridized carbons (Fsp3) is 0.524. The van der Waals surface area contributed by atoms with E-state index in [-0.39, 0.29) is 0 Å². The van der Waals surface area contributed by atoms with Gasteiger partial charge in [-0.25, -0.2) is 0 Å². The zero-order valence-electron chi connectivity index (χ0n) is 13.3. The summed E-state index contributed by atoms with van der Waals surface area (Å²) >= 11 is 0. The molecule has 114 valence electrons. The van der Waals surface area contributed by atoms with E-state index in [9.17, 15) is 0 Å². The second-order valence-corrected chi connectivity index (χ2v) is 6.45. The van der Waals surface area contributed by atoms with Gasteiger partial charge in [-0.3, -0.25) is 0 Å². The van der Waals surface area contributed by atoms with Crippen LogP contribution in [-0.2, 0) is 6.42 Å². The van der Waals surface area contributed by atoms with Gasteiger partial charge in [0.15, 0.2) is 0 Å². The van der Waals surface area contributed by atoms with Gasteiger partial charge in [-0.05, 0) is 68.8 Å². The largest absolute Gasteiger partial charge is 0.103 e. The highest BCUT2D eigenvalue weighted by Crippen LogP contribution is 2.32. The van der Waals surface area contributed by atoms with E-state index in [1.807, 2.05) is 6.08 Å². The monoisotopic (exact) mass is 282 g/mol. The molecule has 0 unspecified atom stereocenters. The molecule has 0 heterocycles. The zero-order valence-corrected chi connectivity index (χ0v) is 13.3. The van der Waals surface area contributed by atoms with Crippen molar-refractivity contribution in [3.8, 4) is 0 Å². The van der Waals surface area contributed by atoms with Crippen LogP contribution in [0.15, 0.2) is 55.1 Å². The van der Waals surface area contributed by atoms with Gasteiger partial charge in [0, 0.05) is 0 Å². The number of rotatable bonds is 8. The predicted octanol–water partition coefficient (Wildman–Crippen LogP) is 6.34. The summed E-state index contributed by atoms with van der Waals surface area (Å²) in [5, 5.41) is 0. The minimum Gasteiger partial charge on any atom is -0.103 e. The summed E-state index contributed by atoms with van der Waals surface area (Å²) < 4.78 is 0. The van der Waals surface area contributed by atoms with Crippen LogP contribution in [-0.4, -0.2) is 0 Å². The molecule has 0 spiro atoms. The van der Waals surface area contributed by atoms with Crippen molar-refractivity contribution in [1.82, 2.24) is 0 Å². The average molecular weight is 282 g/mol. The lowest BCUT2D eigenvalue weighted by atomic mass is 9.79. The van der Waals surface area contributed by atoms with E-state index in [1.165, 1.54) is 56.9 Å². The third kappa shape index (κ3) is 6.33. The number of unbranched alkanes of at least 4 members (excludes halogenated alkanes) is 1. The molecule has 1 aromatic carbocycles. The Morgan fingerprint density at radius 2 is 1.76 bits per heavy atom. The number of hydrogen-bond acceptors (Lipinski definition) is 0. The number of hydrogen-bond donors (Lipinski definition) is 0. The quantitative estimate of drug-likeness (QED) is 0.385. The van der Waals surface area contributed by atoms with Crippen molar-refractivity contribution in [2.45, 2.75) is 57.8 Å². The predicted molar refractivity (Wildman–Crippen MR) is 93.4 cm³/mol. The van der Waals surface area contributed by atoms with Crippen molar-refractivity contribution < 1.29 is 0 Å². The minimum atomic E-state index is 0.847. The molecule has 0 bridgehead atoms. The average Bonchev–Trinajstić information content (AvgIpc) is 2.54. The fourth-order valence-corrected chi connectivity index (χ4v) is 3.41. The minimum absolute atomic E-state index is 0.847. The van der Waals surface area contributed by atoms with Gasteiger partial charge in [-0.15, -0.1) is 6.58 Å². The molecule has 1 saturated carbocycles. The molecule has 0 nitrogen and oxygen atoms in total. The van der Waals surface area contributed by atoms with E-state index in [2.05, 4.69) is 49.1 Å². The third-order valence-corrected chi connectivity index (χ3v) is 4.76. The van der Waals surface area contributed by atoms with Crippen LogP contribution in [0.2, 0.25) is 0 Å². The van der Waals surface area contributed by atoms with Crippen LogP contribution in [0.3, 0.4) is 0 Å². The van der Waals surface area contributed by atoms with Gasteiger partial charge in [-0.1, -0.05) is 55.0 Å². The molecule has 0 saturated heterocycles. The standard InChI is InChI=1S/C21H30/c1-2-3-4-6-12-20-15-17-21(18-16-20)14-9-13-19-10-7-5-8-11-19/h2,5-8,10-12,20-21H,1,3-4,9,13-18H2. The summed E-state index contributed by atoms with van der Waals surface area (Å²) in [4.78, 5) is 0. The van der Waals surface area contributed by atoms with E-state index in [4.69, 9.17) is 0 Å². The fourth-order valence-electron chi connectivity index (χ4n) is 3.41. The topological polar surface area (TPSA) is 0 Å². The maximum Gasteiger partial charge on any atom is -0.0233 e. The Morgan fingerprint density at radius 1 is 1.00 bits per heavy atom. The molecule has 0 aliphatic heterocycles. The second kappa shape index (κ2) is 9.60. The first-order valence-corrected chi connectivity index (χ1v) is 8.70. The van der Waals surface area contributed by atoms with Crippen LogP contribution in [0.4, 0.5) is 0 Å².